The molecule has 0 aromatic heterocycles. The van der Waals surface area contributed by atoms with Gasteiger partial charge in [-0.05, 0) is 54.9 Å². The van der Waals surface area contributed by atoms with E-state index in [9.17, 15) is 10.1 Å². The number of nitriles is 1. The number of nitrogens with zero attached hydrogens (tertiary/aromatic N) is 2. The van der Waals surface area contributed by atoms with Crippen molar-refractivity contribution < 1.29 is 4.79 Å². The van der Waals surface area contributed by atoms with Crippen LogP contribution in [-0.2, 0) is 24.2 Å². The lowest BCUT2D eigenvalue weighted by molar-refractivity contribution is -0.117. The van der Waals surface area contributed by atoms with Crippen LogP contribution < -0.4 is 5.32 Å². The third-order valence-corrected chi connectivity index (χ3v) is 5.21. The molecule has 1 aliphatic carbocycles. The number of fused-ring (bicyclic) bond motifs is 1. The fourth-order valence-electron chi connectivity index (χ4n) is 3.66. The molecule has 28 heavy (non-hydrogen) atoms. The molecule has 1 aliphatic rings. The average Bonchev–Trinajstić information content (AvgIpc) is 2.72. The van der Waals surface area contributed by atoms with E-state index >= 15 is 0 Å². The monoisotopic (exact) mass is 373 g/mol. The minimum atomic E-state index is -0.340. The molecule has 144 valence electrons. The van der Waals surface area contributed by atoms with E-state index in [0.29, 0.717) is 6.54 Å². The highest BCUT2D eigenvalue weighted by atomic mass is 16.1. The Bertz CT molecular complexity index is 896. The summed E-state index contributed by atoms with van der Waals surface area (Å²) in [7, 11) is 1.87. The van der Waals surface area contributed by atoms with Crippen molar-refractivity contribution in [1.29, 1.82) is 5.26 Å². The first-order chi connectivity index (χ1) is 13.6. The number of hydrogen-bond donors (Lipinski definition) is 1. The van der Waals surface area contributed by atoms with Crippen molar-refractivity contribution >= 4 is 5.91 Å². The molecule has 0 fully saturated rings. The van der Waals surface area contributed by atoms with E-state index in [1.807, 2.05) is 55.3 Å². The molecule has 0 spiro atoms. The maximum Gasteiger partial charge on any atom is 0.263 e. The molecule has 1 amide bonds. The van der Waals surface area contributed by atoms with E-state index in [1.54, 1.807) is 6.20 Å². The largest absolute Gasteiger partial charge is 0.375 e. The first-order valence-corrected chi connectivity index (χ1v) is 9.85. The minimum Gasteiger partial charge on any atom is -0.375 e. The van der Waals surface area contributed by atoms with Crippen molar-refractivity contribution in [2.75, 3.05) is 7.05 Å². The molecule has 0 heterocycles. The van der Waals surface area contributed by atoms with Crippen LogP contribution in [0.3, 0.4) is 0 Å². The van der Waals surface area contributed by atoms with Gasteiger partial charge in [0.05, 0.1) is 6.04 Å². The van der Waals surface area contributed by atoms with Crippen LogP contribution in [0.4, 0.5) is 0 Å². The summed E-state index contributed by atoms with van der Waals surface area (Å²) in [6.45, 7) is 2.60. The summed E-state index contributed by atoms with van der Waals surface area (Å²) >= 11 is 0. The minimum absolute atomic E-state index is 0.114. The lowest BCUT2D eigenvalue weighted by Crippen LogP contribution is -2.29. The second kappa shape index (κ2) is 9.23. The van der Waals surface area contributed by atoms with E-state index in [-0.39, 0.29) is 17.5 Å². The Morgan fingerprint density at radius 3 is 2.61 bits per heavy atom. The van der Waals surface area contributed by atoms with Crippen LogP contribution in [0.5, 0.6) is 0 Å². The highest BCUT2D eigenvalue weighted by Crippen LogP contribution is 2.25. The summed E-state index contributed by atoms with van der Waals surface area (Å²) in [6.07, 6.45) is 6.35. The molecule has 0 saturated heterocycles. The third kappa shape index (κ3) is 5.01. The van der Waals surface area contributed by atoms with Crippen molar-refractivity contribution in [2.45, 2.75) is 45.2 Å². The van der Waals surface area contributed by atoms with Crippen molar-refractivity contribution in [3.8, 4) is 6.07 Å². The highest BCUT2D eigenvalue weighted by Gasteiger charge is 2.16. The van der Waals surface area contributed by atoms with Gasteiger partial charge in [0.15, 0.2) is 0 Å². The van der Waals surface area contributed by atoms with Gasteiger partial charge < -0.3 is 10.2 Å². The van der Waals surface area contributed by atoms with Crippen LogP contribution in [0.15, 0.2) is 60.3 Å². The molecule has 3 rings (SSSR count). The molecule has 0 saturated carbocycles. The molecule has 0 aliphatic heterocycles. The summed E-state index contributed by atoms with van der Waals surface area (Å²) in [5, 5.41) is 12.4. The van der Waals surface area contributed by atoms with Gasteiger partial charge in [0, 0.05) is 19.8 Å². The molecule has 2 aromatic carbocycles. The summed E-state index contributed by atoms with van der Waals surface area (Å²) in [4.78, 5) is 14.5. The third-order valence-electron chi connectivity index (χ3n) is 5.21. The Hall–Kier alpha value is -3.06. The fraction of sp³-hybridized carbons (Fsp3) is 0.333. The van der Waals surface area contributed by atoms with Crippen molar-refractivity contribution in [2.24, 2.45) is 0 Å². The Balaban J connectivity index is 1.65. The molecule has 1 N–H and O–H groups in total. The van der Waals surface area contributed by atoms with E-state index in [4.69, 9.17) is 0 Å². The highest BCUT2D eigenvalue weighted by molar-refractivity contribution is 5.97. The van der Waals surface area contributed by atoms with Gasteiger partial charge in [-0.1, -0.05) is 48.5 Å². The first kappa shape index (κ1) is 19.7. The van der Waals surface area contributed by atoms with Crippen LogP contribution in [0, 0.1) is 11.3 Å². The summed E-state index contributed by atoms with van der Waals surface area (Å²) < 4.78 is 0. The van der Waals surface area contributed by atoms with E-state index in [0.717, 1.165) is 24.0 Å². The Kier molecular flexibility index (Phi) is 6.49. The van der Waals surface area contributed by atoms with Gasteiger partial charge in [0.25, 0.3) is 5.91 Å². The number of hydrogen-bond acceptors (Lipinski definition) is 3. The van der Waals surface area contributed by atoms with Crippen LogP contribution in [0.1, 0.15) is 48.1 Å². The van der Waals surface area contributed by atoms with E-state index < -0.39 is 0 Å². The van der Waals surface area contributed by atoms with Gasteiger partial charge in [-0.2, -0.15) is 5.26 Å². The van der Waals surface area contributed by atoms with E-state index in [1.165, 1.54) is 24.0 Å². The van der Waals surface area contributed by atoms with Crippen molar-refractivity contribution in [3.05, 3.63) is 82.6 Å². The van der Waals surface area contributed by atoms with Crippen LogP contribution in [-0.4, -0.2) is 17.9 Å². The topological polar surface area (TPSA) is 56.1 Å². The number of carbonyl (C=O) groups is 1. The number of amides is 1. The SMILES string of the molecule is CC(NC(=O)/C(C#N)=C\N(C)Cc1ccccc1)c1ccc2c(c1)CCCC2. The predicted octanol–water partition coefficient (Wildman–Crippen LogP) is 4.28. The number of carbonyl (C=O) groups excluding carboxylic acids is 1. The van der Waals surface area contributed by atoms with Crippen molar-refractivity contribution in [1.82, 2.24) is 10.2 Å². The zero-order valence-electron chi connectivity index (χ0n) is 16.6. The summed E-state index contributed by atoms with van der Waals surface area (Å²) in [6, 6.07) is 18.3. The quantitative estimate of drug-likeness (QED) is 0.607. The Morgan fingerprint density at radius 2 is 1.89 bits per heavy atom. The Labute approximate surface area is 167 Å². The van der Waals surface area contributed by atoms with Gasteiger partial charge in [-0.25, -0.2) is 0 Å². The zero-order chi connectivity index (χ0) is 19.9. The standard InChI is InChI=1S/C24H27N3O/c1-18(21-13-12-20-10-6-7-11-22(20)14-21)26-24(28)23(15-25)17-27(2)16-19-8-4-3-5-9-19/h3-5,8-9,12-14,17-18H,6-7,10-11,16H2,1-2H3,(H,26,28)/b23-17-. The smallest absolute Gasteiger partial charge is 0.263 e. The van der Waals surface area contributed by atoms with Crippen LogP contribution in [0.2, 0.25) is 0 Å². The summed E-state index contributed by atoms with van der Waals surface area (Å²) in [5.41, 5.74) is 5.14. The number of nitrogens with one attached hydrogen (secondary N) is 1. The number of benzene rings is 2. The lowest BCUT2D eigenvalue weighted by atomic mass is 9.89. The van der Waals surface area contributed by atoms with Gasteiger partial charge in [-0.3, -0.25) is 4.79 Å². The average molecular weight is 374 g/mol. The fourth-order valence-corrected chi connectivity index (χ4v) is 3.66. The molecule has 2 aromatic rings. The molecule has 1 atom stereocenters. The molecule has 1 unspecified atom stereocenters. The first-order valence-electron chi connectivity index (χ1n) is 9.85. The lowest BCUT2D eigenvalue weighted by Gasteiger charge is -2.20. The van der Waals surface area contributed by atoms with E-state index in [2.05, 4.69) is 23.5 Å². The second-order valence-corrected chi connectivity index (χ2v) is 7.49. The normalized spacial score (nSPS) is 14.5. The van der Waals surface area contributed by atoms with Gasteiger partial charge >= 0.3 is 0 Å². The Morgan fingerprint density at radius 1 is 1.18 bits per heavy atom. The second-order valence-electron chi connectivity index (χ2n) is 7.49. The van der Waals surface area contributed by atoms with Crippen LogP contribution >= 0.6 is 0 Å². The van der Waals surface area contributed by atoms with Gasteiger partial charge in [0.1, 0.15) is 11.6 Å². The summed E-state index contributed by atoms with van der Waals surface area (Å²) in [5.74, 6) is -0.340. The molecule has 0 radical (unpaired) electrons. The molecule has 4 nitrogen and oxygen atoms in total. The van der Waals surface area contributed by atoms with Crippen LogP contribution in [0.25, 0.3) is 0 Å². The van der Waals surface area contributed by atoms with Gasteiger partial charge in [-0.15, -0.1) is 0 Å². The van der Waals surface area contributed by atoms with Crippen molar-refractivity contribution in [3.63, 3.8) is 0 Å². The number of aryl methyl sites for hydroxylation is 2. The molecular formula is C24H27N3O. The maximum atomic E-state index is 12.6. The van der Waals surface area contributed by atoms with Gasteiger partial charge in [0.2, 0.25) is 0 Å². The molecule has 4 heteroatoms. The zero-order valence-corrected chi connectivity index (χ0v) is 16.6. The number of rotatable bonds is 6. The predicted molar refractivity (Wildman–Crippen MR) is 111 cm³/mol. The maximum absolute atomic E-state index is 12.6. The molecular weight excluding hydrogens is 346 g/mol. The molecule has 0 bridgehead atoms.